The molecule has 0 aromatic heterocycles. The van der Waals surface area contributed by atoms with Crippen molar-refractivity contribution in [2.75, 3.05) is 20.3 Å². The third-order valence-electron chi connectivity index (χ3n) is 0.854. The first kappa shape index (κ1) is 13.0. The Hall–Kier alpha value is -0.610. The molecule has 0 aromatic carbocycles. The largest absolute Gasteiger partial charge is 0.469 e. The molecule has 0 saturated heterocycles. The number of hydrogen-bond donors (Lipinski definition) is 2. The maximum absolute atomic E-state index is 9.59. The minimum Gasteiger partial charge on any atom is -0.469 e. The van der Waals surface area contributed by atoms with E-state index in [0.717, 1.165) is 12.8 Å². The highest BCUT2D eigenvalue weighted by Gasteiger charge is 1.77. The van der Waals surface area contributed by atoms with E-state index >= 15 is 0 Å². The van der Waals surface area contributed by atoms with E-state index in [1.807, 2.05) is 0 Å². The second-order valence-electron chi connectivity index (χ2n) is 1.85. The van der Waals surface area contributed by atoms with Crippen molar-refractivity contribution in [1.29, 1.82) is 0 Å². The molecule has 4 heteroatoms. The number of carbonyl (C=O) groups excluding carboxylic acids is 1. The molecule has 0 aliphatic carbocycles. The SMILES string of the molecule is COC(C)=O.OCCCCO. The lowest BCUT2D eigenvalue weighted by atomic mass is 10.3. The van der Waals surface area contributed by atoms with Gasteiger partial charge in [-0.15, -0.1) is 0 Å². The second kappa shape index (κ2) is 12.1. The summed E-state index contributed by atoms with van der Waals surface area (Å²) in [4.78, 5) is 9.59. The molecule has 0 saturated carbocycles. The molecular formula is C7H16O4. The topological polar surface area (TPSA) is 66.8 Å². The molecule has 11 heavy (non-hydrogen) atoms. The molecule has 0 bridgehead atoms. The Labute approximate surface area is 66.8 Å². The van der Waals surface area contributed by atoms with Gasteiger partial charge in [-0.05, 0) is 12.8 Å². The number of ether oxygens (including phenoxy) is 1. The number of esters is 1. The van der Waals surface area contributed by atoms with Crippen LogP contribution in [0.5, 0.6) is 0 Å². The summed E-state index contributed by atoms with van der Waals surface area (Å²) in [5.41, 5.74) is 0. The van der Waals surface area contributed by atoms with Gasteiger partial charge < -0.3 is 14.9 Å². The smallest absolute Gasteiger partial charge is 0.302 e. The lowest BCUT2D eigenvalue weighted by Crippen LogP contribution is -1.88. The van der Waals surface area contributed by atoms with Gasteiger partial charge in [0.05, 0.1) is 7.11 Å². The van der Waals surface area contributed by atoms with Crippen molar-refractivity contribution in [3.63, 3.8) is 0 Å². The molecule has 4 nitrogen and oxygen atoms in total. The van der Waals surface area contributed by atoms with Crippen LogP contribution in [0.25, 0.3) is 0 Å². The van der Waals surface area contributed by atoms with Crippen LogP contribution in [-0.2, 0) is 9.53 Å². The van der Waals surface area contributed by atoms with Gasteiger partial charge in [-0.1, -0.05) is 0 Å². The van der Waals surface area contributed by atoms with Crippen molar-refractivity contribution < 1.29 is 19.7 Å². The first-order valence-electron chi connectivity index (χ1n) is 3.45. The molecular weight excluding hydrogens is 148 g/mol. The van der Waals surface area contributed by atoms with E-state index in [-0.39, 0.29) is 19.2 Å². The quantitative estimate of drug-likeness (QED) is 0.452. The second-order valence-corrected chi connectivity index (χ2v) is 1.85. The number of rotatable bonds is 3. The lowest BCUT2D eigenvalue weighted by Gasteiger charge is -1.85. The number of aliphatic hydroxyl groups excluding tert-OH is 2. The maximum Gasteiger partial charge on any atom is 0.302 e. The Morgan fingerprint density at radius 2 is 1.55 bits per heavy atom. The Bertz CT molecular complexity index is 78.5. The van der Waals surface area contributed by atoms with Gasteiger partial charge in [0.2, 0.25) is 0 Å². The highest BCUT2D eigenvalue weighted by Crippen LogP contribution is 1.80. The van der Waals surface area contributed by atoms with Crippen LogP contribution in [-0.4, -0.2) is 36.5 Å². The number of methoxy groups -OCH3 is 1. The van der Waals surface area contributed by atoms with Gasteiger partial charge in [-0.25, -0.2) is 0 Å². The summed E-state index contributed by atoms with van der Waals surface area (Å²) in [5, 5.41) is 16.2. The van der Waals surface area contributed by atoms with Crippen LogP contribution in [0.4, 0.5) is 0 Å². The molecule has 0 spiro atoms. The maximum atomic E-state index is 9.59. The van der Waals surface area contributed by atoms with Gasteiger partial charge in [0.1, 0.15) is 0 Å². The summed E-state index contributed by atoms with van der Waals surface area (Å²) in [6, 6.07) is 0. The van der Waals surface area contributed by atoms with E-state index in [9.17, 15) is 4.79 Å². The number of carbonyl (C=O) groups is 1. The number of unbranched alkanes of at least 4 members (excludes halogenated alkanes) is 1. The van der Waals surface area contributed by atoms with Crippen molar-refractivity contribution >= 4 is 5.97 Å². The molecule has 68 valence electrons. The van der Waals surface area contributed by atoms with Crippen LogP contribution in [0.1, 0.15) is 19.8 Å². The molecule has 0 rings (SSSR count). The highest BCUT2D eigenvalue weighted by atomic mass is 16.5. The zero-order valence-electron chi connectivity index (χ0n) is 7.04. The summed E-state index contributed by atoms with van der Waals surface area (Å²) < 4.78 is 4.11. The van der Waals surface area contributed by atoms with Gasteiger partial charge in [0.15, 0.2) is 0 Å². The predicted octanol–water partition coefficient (Wildman–Crippen LogP) is -0.0695. The van der Waals surface area contributed by atoms with E-state index in [0.29, 0.717) is 0 Å². The fourth-order valence-corrected chi connectivity index (χ4v) is 0.224. The number of aliphatic hydroxyl groups is 2. The summed E-state index contributed by atoms with van der Waals surface area (Å²) in [5.74, 6) is -0.245. The molecule has 2 N–H and O–H groups in total. The molecule has 0 aliphatic rings. The summed E-state index contributed by atoms with van der Waals surface area (Å²) in [6.07, 6.45) is 1.44. The molecule has 0 atom stereocenters. The Morgan fingerprint density at radius 1 is 1.27 bits per heavy atom. The van der Waals surface area contributed by atoms with E-state index < -0.39 is 0 Å². The van der Waals surface area contributed by atoms with Gasteiger partial charge in [0.25, 0.3) is 0 Å². The summed E-state index contributed by atoms with van der Waals surface area (Å²) in [7, 11) is 1.35. The van der Waals surface area contributed by atoms with Crippen LogP contribution < -0.4 is 0 Å². The zero-order chi connectivity index (χ0) is 9.11. The van der Waals surface area contributed by atoms with Gasteiger partial charge in [0, 0.05) is 20.1 Å². The summed E-state index contributed by atoms with van der Waals surface area (Å²) >= 11 is 0. The highest BCUT2D eigenvalue weighted by molar-refractivity contribution is 5.65. The molecule has 0 amide bonds. The van der Waals surface area contributed by atoms with Crippen molar-refractivity contribution in [2.24, 2.45) is 0 Å². The van der Waals surface area contributed by atoms with Crippen LogP contribution in [0.3, 0.4) is 0 Å². The Morgan fingerprint density at radius 3 is 1.64 bits per heavy atom. The molecule has 0 aliphatic heterocycles. The Kier molecular flexibility index (Phi) is 14.3. The van der Waals surface area contributed by atoms with Crippen molar-refractivity contribution in [3.8, 4) is 0 Å². The monoisotopic (exact) mass is 164 g/mol. The van der Waals surface area contributed by atoms with Crippen molar-refractivity contribution in [2.45, 2.75) is 19.8 Å². The van der Waals surface area contributed by atoms with Gasteiger partial charge in [-0.3, -0.25) is 4.79 Å². The third-order valence-corrected chi connectivity index (χ3v) is 0.854. The third kappa shape index (κ3) is 26.6. The minimum absolute atomic E-state index is 0.195. The van der Waals surface area contributed by atoms with E-state index in [1.54, 1.807) is 0 Å². The zero-order valence-corrected chi connectivity index (χ0v) is 7.04. The fraction of sp³-hybridized carbons (Fsp3) is 0.857. The van der Waals surface area contributed by atoms with Gasteiger partial charge >= 0.3 is 5.97 Å². The average Bonchev–Trinajstić information content (AvgIpc) is 2.02. The molecule has 0 radical (unpaired) electrons. The van der Waals surface area contributed by atoms with E-state index in [4.69, 9.17) is 10.2 Å². The first-order chi connectivity index (χ1) is 5.18. The fourth-order valence-electron chi connectivity index (χ4n) is 0.224. The van der Waals surface area contributed by atoms with Crippen molar-refractivity contribution in [3.05, 3.63) is 0 Å². The standard InChI is InChI=1S/C4H10O2.C3H6O2/c5-3-1-2-4-6;1-3(4)5-2/h5-6H,1-4H2;1-2H3. The molecule has 0 aromatic rings. The Balaban J connectivity index is 0. The van der Waals surface area contributed by atoms with E-state index in [2.05, 4.69) is 4.74 Å². The number of hydrogen-bond acceptors (Lipinski definition) is 4. The molecule has 0 fully saturated rings. The first-order valence-corrected chi connectivity index (χ1v) is 3.45. The van der Waals surface area contributed by atoms with Crippen LogP contribution in [0.15, 0.2) is 0 Å². The van der Waals surface area contributed by atoms with E-state index in [1.165, 1.54) is 14.0 Å². The molecule has 0 unspecified atom stereocenters. The predicted molar refractivity (Wildman–Crippen MR) is 41.1 cm³/mol. The molecule has 0 heterocycles. The normalized spacial score (nSPS) is 8.00. The lowest BCUT2D eigenvalue weighted by molar-refractivity contribution is -0.137. The average molecular weight is 164 g/mol. The van der Waals surface area contributed by atoms with Gasteiger partial charge in [-0.2, -0.15) is 0 Å². The van der Waals surface area contributed by atoms with Crippen LogP contribution in [0.2, 0.25) is 0 Å². The minimum atomic E-state index is -0.245. The van der Waals surface area contributed by atoms with Crippen LogP contribution in [0, 0.1) is 0 Å². The van der Waals surface area contributed by atoms with Crippen molar-refractivity contribution in [1.82, 2.24) is 0 Å². The van der Waals surface area contributed by atoms with Crippen LogP contribution >= 0.6 is 0 Å². The summed E-state index contributed by atoms with van der Waals surface area (Å²) in [6.45, 7) is 1.75.